The minimum atomic E-state index is -0.997. The smallest absolute Gasteiger partial charge is 0.254 e. The van der Waals surface area contributed by atoms with E-state index in [1.807, 2.05) is 6.92 Å². The topological polar surface area (TPSA) is 63.8 Å². The highest BCUT2D eigenvalue weighted by Gasteiger charge is 2.39. The number of aryl methyl sites for hydroxylation is 1. The van der Waals surface area contributed by atoms with Crippen LogP contribution in [-0.2, 0) is 18.2 Å². The molecule has 1 N–H and O–H groups in total. The number of allylic oxidation sites excluding steroid dienone is 1. The summed E-state index contributed by atoms with van der Waals surface area (Å²) < 4.78 is 7.53. The van der Waals surface area contributed by atoms with Crippen molar-refractivity contribution in [1.82, 2.24) is 4.57 Å². The molecule has 3 aliphatic rings. The fourth-order valence-electron chi connectivity index (χ4n) is 4.01. The molecule has 0 bridgehead atoms. The molecule has 0 spiro atoms. The predicted octanol–water partition coefficient (Wildman–Crippen LogP) is 2.68. The Morgan fingerprint density at radius 2 is 2.11 bits per heavy atom. The Labute approximate surface area is 166 Å². The van der Waals surface area contributed by atoms with Gasteiger partial charge in [-0.2, -0.15) is 0 Å². The van der Waals surface area contributed by atoms with Gasteiger partial charge in [0.1, 0.15) is 12.2 Å². The fourth-order valence-corrected chi connectivity index (χ4v) is 4.01. The Hall–Kier alpha value is -2.32. The number of fused-ring (bicyclic) bond motifs is 1. The first kappa shape index (κ1) is 19.0. The van der Waals surface area contributed by atoms with Crippen molar-refractivity contribution >= 4 is 11.5 Å². The largest absolute Gasteiger partial charge is 0.475 e. The molecule has 1 aromatic heterocycles. The van der Waals surface area contributed by atoms with E-state index in [4.69, 9.17) is 9.73 Å². The first-order valence-corrected chi connectivity index (χ1v) is 10.1. The zero-order valence-electron chi connectivity index (χ0n) is 17.3. The molecule has 0 radical (unpaired) electrons. The monoisotopic (exact) mass is 380 g/mol. The molecule has 1 aliphatic heterocycles. The summed E-state index contributed by atoms with van der Waals surface area (Å²) in [4.78, 5) is 17.6. The van der Waals surface area contributed by atoms with Crippen molar-refractivity contribution in [3.8, 4) is 11.8 Å². The molecule has 4 rings (SSSR count). The number of nitrogens with zero attached hydrogens (tertiary/aromatic N) is 2. The van der Waals surface area contributed by atoms with Gasteiger partial charge in [0.05, 0.1) is 6.04 Å². The van der Waals surface area contributed by atoms with E-state index in [2.05, 4.69) is 25.7 Å². The lowest BCUT2D eigenvalue weighted by Gasteiger charge is -2.15. The SMILES string of the molecule is CC1=C(C2=NC(C(C)C)CO2)c2c(C#CC(C)(O)C3CC3)cn(C)c(=O)c2C1. The maximum absolute atomic E-state index is 12.8. The van der Waals surface area contributed by atoms with Crippen LogP contribution in [0.3, 0.4) is 0 Å². The van der Waals surface area contributed by atoms with E-state index in [0.29, 0.717) is 24.8 Å². The molecule has 1 saturated carbocycles. The van der Waals surface area contributed by atoms with Crippen LogP contribution in [0.2, 0.25) is 0 Å². The summed E-state index contributed by atoms with van der Waals surface area (Å²) in [6.07, 6.45) is 4.38. The van der Waals surface area contributed by atoms with Crippen molar-refractivity contribution in [2.24, 2.45) is 23.9 Å². The van der Waals surface area contributed by atoms with Crippen LogP contribution in [0.25, 0.3) is 5.57 Å². The van der Waals surface area contributed by atoms with E-state index in [0.717, 1.165) is 40.7 Å². The highest BCUT2D eigenvalue weighted by molar-refractivity contribution is 6.23. The molecule has 5 nitrogen and oxygen atoms in total. The van der Waals surface area contributed by atoms with Crippen molar-refractivity contribution in [3.05, 3.63) is 38.8 Å². The zero-order valence-corrected chi connectivity index (χ0v) is 17.3. The van der Waals surface area contributed by atoms with Gasteiger partial charge in [0.25, 0.3) is 5.56 Å². The number of rotatable bonds is 3. The van der Waals surface area contributed by atoms with Gasteiger partial charge >= 0.3 is 0 Å². The van der Waals surface area contributed by atoms with Crippen LogP contribution in [0.1, 0.15) is 57.2 Å². The molecule has 0 aromatic carbocycles. The standard InChI is InChI=1S/C23H28N2O3/c1-13(2)18-12-28-21(24-18)19-14(3)10-17-20(19)15(11-25(5)22(17)26)8-9-23(4,27)16-6-7-16/h11,13,16,18,27H,6-7,10,12H2,1-5H3. The maximum Gasteiger partial charge on any atom is 0.254 e. The van der Waals surface area contributed by atoms with Crippen LogP contribution in [0.4, 0.5) is 0 Å². The summed E-state index contributed by atoms with van der Waals surface area (Å²) in [6.45, 7) is 8.65. The van der Waals surface area contributed by atoms with Gasteiger partial charge < -0.3 is 14.4 Å². The fraction of sp³-hybridized carbons (Fsp3) is 0.565. The predicted molar refractivity (Wildman–Crippen MR) is 110 cm³/mol. The third-order valence-corrected chi connectivity index (χ3v) is 6.07. The molecular formula is C23H28N2O3. The summed E-state index contributed by atoms with van der Waals surface area (Å²) in [5, 5.41) is 10.6. The summed E-state index contributed by atoms with van der Waals surface area (Å²) in [7, 11) is 1.75. The zero-order chi connectivity index (χ0) is 20.2. The van der Waals surface area contributed by atoms with Gasteiger partial charge in [-0.25, -0.2) is 4.99 Å². The number of ether oxygens (including phenoxy) is 1. The van der Waals surface area contributed by atoms with E-state index in [1.165, 1.54) is 0 Å². The third-order valence-electron chi connectivity index (χ3n) is 6.07. The lowest BCUT2D eigenvalue weighted by Crippen LogP contribution is -2.25. The van der Waals surface area contributed by atoms with Crippen LogP contribution in [-0.4, -0.2) is 33.8 Å². The number of hydrogen-bond acceptors (Lipinski definition) is 4. The number of aliphatic hydroxyl groups is 1. The number of pyridine rings is 1. The van der Waals surface area contributed by atoms with Gasteiger partial charge in [-0.15, -0.1) is 0 Å². The Morgan fingerprint density at radius 1 is 1.39 bits per heavy atom. The third kappa shape index (κ3) is 3.20. The first-order valence-electron chi connectivity index (χ1n) is 10.1. The van der Waals surface area contributed by atoms with Crippen LogP contribution in [0.15, 0.2) is 21.6 Å². The van der Waals surface area contributed by atoms with E-state index in [-0.39, 0.29) is 17.5 Å². The molecule has 2 unspecified atom stereocenters. The summed E-state index contributed by atoms with van der Waals surface area (Å²) in [5.74, 6) is 7.50. The minimum absolute atomic E-state index is 0.0112. The Balaban J connectivity index is 1.83. The quantitative estimate of drug-likeness (QED) is 0.820. The first-order chi connectivity index (χ1) is 13.2. The average molecular weight is 380 g/mol. The molecule has 2 aliphatic carbocycles. The molecular weight excluding hydrogens is 352 g/mol. The number of aromatic nitrogens is 1. The molecule has 1 fully saturated rings. The second-order valence-corrected chi connectivity index (χ2v) is 8.87. The molecule has 28 heavy (non-hydrogen) atoms. The average Bonchev–Trinajstić information content (AvgIpc) is 3.29. The van der Waals surface area contributed by atoms with E-state index in [9.17, 15) is 9.90 Å². The van der Waals surface area contributed by atoms with E-state index >= 15 is 0 Å². The maximum atomic E-state index is 12.8. The van der Waals surface area contributed by atoms with Gasteiger partial charge in [0.2, 0.25) is 5.90 Å². The number of aliphatic imine (C=N–C) groups is 1. The Bertz CT molecular complexity index is 1010. The molecule has 2 heterocycles. The molecule has 5 heteroatoms. The highest BCUT2D eigenvalue weighted by atomic mass is 16.5. The van der Waals surface area contributed by atoms with Crippen molar-refractivity contribution in [1.29, 1.82) is 0 Å². The second-order valence-electron chi connectivity index (χ2n) is 8.87. The normalized spacial score (nSPS) is 23.1. The molecule has 2 atom stereocenters. The highest BCUT2D eigenvalue weighted by Crippen LogP contribution is 2.40. The Morgan fingerprint density at radius 3 is 2.71 bits per heavy atom. The van der Waals surface area contributed by atoms with Gasteiger partial charge in [-0.1, -0.05) is 31.3 Å². The van der Waals surface area contributed by atoms with Gasteiger partial charge in [-0.3, -0.25) is 4.79 Å². The lowest BCUT2D eigenvalue weighted by atomic mass is 9.97. The van der Waals surface area contributed by atoms with Crippen LogP contribution < -0.4 is 5.56 Å². The van der Waals surface area contributed by atoms with E-state index < -0.39 is 5.60 Å². The summed E-state index contributed by atoms with van der Waals surface area (Å²) in [6, 6.07) is 0.135. The summed E-state index contributed by atoms with van der Waals surface area (Å²) >= 11 is 0. The number of hydrogen-bond donors (Lipinski definition) is 1. The lowest BCUT2D eigenvalue weighted by molar-refractivity contribution is 0.0980. The van der Waals surface area contributed by atoms with Crippen molar-refractivity contribution in [2.75, 3.05) is 6.61 Å². The van der Waals surface area contributed by atoms with E-state index in [1.54, 1.807) is 24.7 Å². The minimum Gasteiger partial charge on any atom is -0.475 e. The Kier molecular flexibility index (Phi) is 4.50. The summed E-state index contributed by atoms with van der Waals surface area (Å²) in [5.41, 5.74) is 3.31. The van der Waals surface area contributed by atoms with Gasteiger partial charge in [-0.05, 0) is 38.5 Å². The molecule has 148 valence electrons. The van der Waals surface area contributed by atoms with Gasteiger partial charge in [0, 0.05) is 41.9 Å². The van der Waals surface area contributed by atoms with Crippen LogP contribution in [0, 0.1) is 23.7 Å². The van der Waals surface area contributed by atoms with Gasteiger partial charge in [0.15, 0.2) is 0 Å². The second kappa shape index (κ2) is 6.63. The van der Waals surface area contributed by atoms with Crippen molar-refractivity contribution < 1.29 is 9.84 Å². The van der Waals surface area contributed by atoms with Crippen LogP contribution in [0.5, 0.6) is 0 Å². The molecule has 1 aromatic rings. The van der Waals surface area contributed by atoms with Crippen LogP contribution >= 0.6 is 0 Å². The van der Waals surface area contributed by atoms with Crippen molar-refractivity contribution in [2.45, 2.75) is 58.6 Å². The molecule has 0 saturated heterocycles. The molecule has 0 amide bonds. The van der Waals surface area contributed by atoms with Crippen molar-refractivity contribution in [3.63, 3.8) is 0 Å².